The number of nitrogens with zero attached hydrogens (tertiary/aromatic N) is 1. The Morgan fingerprint density at radius 2 is 1.96 bits per heavy atom. The normalized spacial score (nSPS) is 21.1. The highest BCUT2D eigenvalue weighted by atomic mass is 16.6. The van der Waals surface area contributed by atoms with E-state index >= 15 is 0 Å². The molecule has 1 saturated carbocycles. The van der Waals surface area contributed by atoms with Crippen LogP contribution in [-0.4, -0.2) is 28.3 Å². The second-order valence-electron chi connectivity index (χ2n) is 7.81. The molecule has 1 heterocycles. The van der Waals surface area contributed by atoms with Gasteiger partial charge in [-0.25, -0.2) is 4.79 Å². The van der Waals surface area contributed by atoms with Crippen LogP contribution < -0.4 is 10.6 Å². The average Bonchev–Trinajstić information content (AvgIpc) is 2.99. The molecule has 1 amide bonds. The minimum Gasteiger partial charge on any atom is -0.444 e. The van der Waals surface area contributed by atoms with E-state index in [1.165, 1.54) is 17.0 Å². The van der Waals surface area contributed by atoms with Crippen LogP contribution in [0.1, 0.15) is 63.9 Å². The first-order chi connectivity index (χ1) is 11.2. The molecular formula is C19H33N3O2. The second-order valence-corrected chi connectivity index (χ2v) is 7.81. The molecule has 0 radical (unpaired) electrons. The molecule has 0 aliphatic heterocycles. The zero-order chi connectivity index (χ0) is 17.9. The molecule has 2 atom stereocenters. The van der Waals surface area contributed by atoms with Crippen molar-refractivity contribution in [2.24, 2.45) is 0 Å². The Morgan fingerprint density at radius 1 is 1.29 bits per heavy atom. The van der Waals surface area contributed by atoms with Crippen molar-refractivity contribution in [1.29, 1.82) is 0 Å². The predicted octanol–water partition coefficient (Wildman–Crippen LogP) is 3.66. The largest absolute Gasteiger partial charge is 0.444 e. The lowest BCUT2D eigenvalue weighted by atomic mass is 10.1. The lowest BCUT2D eigenvalue weighted by molar-refractivity contribution is 0.0498. The van der Waals surface area contributed by atoms with E-state index in [-0.39, 0.29) is 12.1 Å². The molecule has 1 aliphatic rings. The molecule has 2 rings (SSSR count). The molecule has 2 unspecified atom stereocenters. The third-order valence-electron chi connectivity index (χ3n) is 4.77. The number of carbonyl (C=O) groups excluding carboxylic acids is 1. The molecule has 0 aromatic carbocycles. The Morgan fingerprint density at radius 3 is 2.54 bits per heavy atom. The Kier molecular flexibility index (Phi) is 5.97. The van der Waals surface area contributed by atoms with Crippen LogP contribution in [0.25, 0.3) is 0 Å². The van der Waals surface area contributed by atoms with Crippen LogP contribution in [0.15, 0.2) is 6.07 Å². The molecule has 0 spiro atoms. The molecule has 136 valence electrons. The third-order valence-corrected chi connectivity index (χ3v) is 4.77. The lowest BCUT2D eigenvalue weighted by Crippen LogP contribution is -2.47. The lowest BCUT2D eigenvalue weighted by Gasteiger charge is -2.25. The first-order valence-corrected chi connectivity index (χ1v) is 9.09. The van der Waals surface area contributed by atoms with Gasteiger partial charge in [0.15, 0.2) is 0 Å². The van der Waals surface area contributed by atoms with Crippen molar-refractivity contribution in [1.82, 2.24) is 15.2 Å². The van der Waals surface area contributed by atoms with Crippen molar-refractivity contribution in [2.45, 2.75) is 91.6 Å². The molecule has 1 fully saturated rings. The third kappa shape index (κ3) is 4.76. The molecule has 5 nitrogen and oxygen atoms in total. The summed E-state index contributed by atoms with van der Waals surface area (Å²) in [6.07, 6.45) is 2.91. The topological polar surface area (TPSA) is 55.3 Å². The number of carbonyl (C=O) groups is 1. The summed E-state index contributed by atoms with van der Waals surface area (Å²) >= 11 is 0. The molecular weight excluding hydrogens is 302 g/mol. The molecule has 0 bridgehead atoms. The highest BCUT2D eigenvalue weighted by Crippen LogP contribution is 2.21. The molecule has 2 N–H and O–H groups in total. The van der Waals surface area contributed by atoms with Gasteiger partial charge in [-0.2, -0.15) is 0 Å². The zero-order valence-electron chi connectivity index (χ0n) is 16.0. The average molecular weight is 335 g/mol. The zero-order valence-corrected chi connectivity index (χ0v) is 16.0. The fraction of sp³-hybridized carbons (Fsp3) is 0.737. The van der Waals surface area contributed by atoms with Crippen LogP contribution >= 0.6 is 0 Å². The molecule has 24 heavy (non-hydrogen) atoms. The fourth-order valence-corrected chi connectivity index (χ4v) is 3.62. The number of aromatic nitrogens is 1. The Balaban J connectivity index is 1.91. The molecule has 1 aromatic rings. The van der Waals surface area contributed by atoms with E-state index in [9.17, 15) is 4.79 Å². The van der Waals surface area contributed by atoms with Gasteiger partial charge >= 0.3 is 6.09 Å². The van der Waals surface area contributed by atoms with Crippen molar-refractivity contribution < 1.29 is 9.53 Å². The number of alkyl carbamates (subject to hydrolysis) is 1. The van der Waals surface area contributed by atoms with Crippen LogP contribution in [0.5, 0.6) is 0 Å². The summed E-state index contributed by atoms with van der Waals surface area (Å²) in [6.45, 7) is 14.0. The smallest absolute Gasteiger partial charge is 0.407 e. The van der Waals surface area contributed by atoms with E-state index in [4.69, 9.17) is 4.74 Å². The summed E-state index contributed by atoms with van der Waals surface area (Å²) in [7, 11) is 0. The van der Waals surface area contributed by atoms with Crippen molar-refractivity contribution in [3.63, 3.8) is 0 Å². The van der Waals surface area contributed by atoms with Crippen LogP contribution in [0.3, 0.4) is 0 Å². The summed E-state index contributed by atoms with van der Waals surface area (Å²) in [6, 6.07) is 2.72. The first kappa shape index (κ1) is 18.8. The minimum atomic E-state index is -0.455. The number of ether oxygens (including phenoxy) is 1. The van der Waals surface area contributed by atoms with E-state index in [0.29, 0.717) is 6.04 Å². The number of rotatable bonds is 5. The Hall–Kier alpha value is -1.49. The minimum absolute atomic E-state index is 0.148. The van der Waals surface area contributed by atoms with E-state index in [1.807, 2.05) is 20.8 Å². The number of amides is 1. The van der Waals surface area contributed by atoms with Gasteiger partial charge in [-0.1, -0.05) is 0 Å². The van der Waals surface area contributed by atoms with E-state index < -0.39 is 5.60 Å². The maximum absolute atomic E-state index is 12.0. The van der Waals surface area contributed by atoms with Crippen LogP contribution in [0.2, 0.25) is 0 Å². The van der Waals surface area contributed by atoms with E-state index in [2.05, 4.69) is 42.0 Å². The highest BCUT2D eigenvalue weighted by molar-refractivity contribution is 5.68. The summed E-state index contributed by atoms with van der Waals surface area (Å²) in [4.78, 5) is 12.0. The monoisotopic (exact) mass is 335 g/mol. The predicted molar refractivity (Wildman–Crippen MR) is 97.2 cm³/mol. The van der Waals surface area contributed by atoms with Gasteiger partial charge in [0.2, 0.25) is 0 Å². The molecule has 5 heteroatoms. The number of nitrogens with one attached hydrogen (secondary N) is 2. The summed E-state index contributed by atoms with van der Waals surface area (Å²) < 4.78 is 7.72. The number of hydrogen-bond acceptors (Lipinski definition) is 3. The van der Waals surface area contributed by atoms with Gasteiger partial charge in [0.25, 0.3) is 0 Å². The maximum atomic E-state index is 12.0. The van der Waals surface area contributed by atoms with Crippen LogP contribution in [0.4, 0.5) is 4.79 Å². The first-order valence-electron chi connectivity index (χ1n) is 9.09. The fourth-order valence-electron chi connectivity index (χ4n) is 3.62. The van der Waals surface area contributed by atoms with Gasteiger partial charge in [-0.05, 0) is 72.4 Å². The Bertz CT molecular complexity index is 572. The van der Waals surface area contributed by atoms with E-state index in [1.54, 1.807) is 0 Å². The van der Waals surface area contributed by atoms with Gasteiger partial charge in [0, 0.05) is 36.6 Å². The van der Waals surface area contributed by atoms with E-state index in [0.717, 1.165) is 32.4 Å². The standard InChI is InChI=1S/C19H33N3O2/c1-7-22-13(2)11-15(14(22)3)12-20-16-9-8-10-17(16)21-18(23)24-19(4,5)6/h11,16-17,20H,7-10,12H2,1-6H3,(H,21,23). The quantitative estimate of drug-likeness (QED) is 0.863. The molecule has 1 aromatic heterocycles. The number of hydrogen-bond donors (Lipinski definition) is 2. The van der Waals surface area contributed by atoms with Crippen molar-refractivity contribution >= 4 is 6.09 Å². The Labute approximate surface area is 146 Å². The van der Waals surface area contributed by atoms with Gasteiger partial charge in [-0.15, -0.1) is 0 Å². The van der Waals surface area contributed by atoms with Gasteiger partial charge in [-0.3, -0.25) is 0 Å². The maximum Gasteiger partial charge on any atom is 0.407 e. The second kappa shape index (κ2) is 7.60. The van der Waals surface area contributed by atoms with Gasteiger partial charge < -0.3 is 19.9 Å². The molecule has 0 saturated heterocycles. The summed E-state index contributed by atoms with van der Waals surface area (Å²) in [5.41, 5.74) is 3.53. The SMILES string of the molecule is CCn1c(C)cc(CNC2CCCC2NC(=O)OC(C)(C)C)c1C. The van der Waals surface area contributed by atoms with Crippen LogP contribution in [-0.2, 0) is 17.8 Å². The van der Waals surface area contributed by atoms with Gasteiger partial charge in [0.05, 0.1) is 0 Å². The van der Waals surface area contributed by atoms with Crippen molar-refractivity contribution in [3.05, 3.63) is 23.0 Å². The highest BCUT2D eigenvalue weighted by Gasteiger charge is 2.30. The molecule has 1 aliphatic carbocycles. The number of aryl methyl sites for hydroxylation is 1. The summed E-state index contributed by atoms with van der Waals surface area (Å²) in [5.74, 6) is 0. The van der Waals surface area contributed by atoms with Crippen LogP contribution in [0, 0.1) is 13.8 Å². The van der Waals surface area contributed by atoms with Crippen molar-refractivity contribution in [3.8, 4) is 0 Å². The van der Waals surface area contributed by atoms with Gasteiger partial charge in [0.1, 0.15) is 5.60 Å². The summed E-state index contributed by atoms with van der Waals surface area (Å²) in [5, 5.41) is 6.67. The van der Waals surface area contributed by atoms with Crippen molar-refractivity contribution in [2.75, 3.05) is 0 Å².